The van der Waals surface area contributed by atoms with Gasteiger partial charge in [0.1, 0.15) is 5.82 Å². The number of hydrogen-bond acceptors (Lipinski definition) is 1. The molecule has 0 amide bonds. The fourth-order valence-corrected chi connectivity index (χ4v) is 2.88. The topological polar surface area (TPSA) is 12.0 Å². The van der Waals surface area contributed by atoms with E-state index in [0.717, 1.165) is 22.3 Å². The fraction of sp³-hybridized carbons (Fsp3) is 0.294. The maximum atomic E-state index is 14.4. The summed E-state index contributed by atoms with van der Waals surface area (Å²) in [6, 6.07) is 9.15. The van der Waals surface area contributed by atoms with Crippen LogP contribution in [0.25, 0.3) is 0 Å². The zero-order chi connectivity index (χ0) is 14.9. The van der Waals surface area contributed by atoms with E-state index in [1.54, 1.807) is 6.07 Å². The van der Waals surface area contributed by atoms with Crippen LogP contribution in [-0.2, 0) is 0 Å². The predicted octanol–water partition coefficient (Wildman–Crippen LogP) is 4.71. The maximum absolute atomic E-state index is 14.4. The van der Waals surface area contributed by atoms with E-state index in [-0.39, 0.29) is 11.9 Å². The van der Waals surface area contributed by atoms with E-state index in [0.29, 0.717) is 10.6 Å². The summed E-state index contributed by atoms with van der Waals surface area (Å²) in [6.07, 6.45) is 0. The average Bonchev–Trinajstić information content (AvgIpc) is 2.37. The highest BCUT2D eigenvalue weighted by molar-refractivity contribution is 6.32. The summed E-state index contributed by atoms with van der Waals surface area (Å²) in [7, 11) is 1.82. The molecular formula is C17H19ClFN. The molecule has 0 spiro atoms. The molecule has 0 aliphatic heterocycles. The summed E-state index contributed by atoms with van der Waals surface area (Å²) >= 11 is 6.39. The van der Waals surface area contributed by atoms with E-state index < -0.39 is 0 Å². The maximum Gasteiger partial charge on any atom is 0.128 e. The molecule has 0 aliphatic rings. The second-order valence-electron chi connectivity index (χ2n) is 5.18. The Hall–Kier alpha value is -1.38. The number of aryl methyl sites for hydroxylation is 3. The lowest BCUT2D eigenvalue weighted by Crippen LogP contribution is -2.21. The molecule has 2 rings (SSSR count). The van der Waals surface area contributed by atoms with E-state index in [1.807, 2.05) is 52.1 Å². The molecule has 0 saturated heterocycles. The molecule has 3 heteroatoms. The highest BCUT2D eigenvalue weighted by atomic mass is 35.5. The van der Waals surface area contributed by atoms with Crippen molar-refractivity contribution in [3.8, 4) is 0 Å². The smallest absolute Gasteiger partial charge is 0.128 e. The van der Waals surface area contributed by atoms with Gasteiger partial charge in [-0.05, 0) is 56.1 Å². The summed E-state index contributed by atoms with van der Waals surface area (Å²) in [4.78, 5) is 0. The molecule has 0 aliphatic carbocycles. The monoisotopic (exact) mass is 291 g/mol. The Morgan fingerprint density at radius 3 is 2.40 bits per heavy atom. The summed E-state index contributed by atoms with van der Waals surface area (Å²) < 4.78 is 14.4. The minimum Gasteiger partial charge on any atom is -0.309 e. The van der Waals surface area contributed by atoms with Crippen LogP contribution in [0.1, 0.15) is 33.9 Å². The zero-order valence-corrected chi connectivity index (χ0v) is 13.0. The standard InChI is InChI=1S/C17H19ClFN/c1-10-8-12(3)15(14(19)9-10)17(20-4)13-7-5-6-11(2)16(13)18/h5-9,17,20H,1-4H3. The van der Waals surface area contributed by atoms with Gasteiger partial charge in [0.25, 0.3) is 0 Å². The van der Waals surface area contributed by atoms with Gasteiger partial charge < -0.3 is 5.32 Å². The van der Waals surface area contributed by atoms with Crippen molar-refractivity contribution < 1.29 is 4.39 Å². The molecule has 0 fully saturated rings. The Balaban J connectivity index is 2.62. The van der Waals surface area contributed by atoms with Crippen LogP contribution in [0.2, 0.25) is 5.02 Å². The Kier molecular flexibility index (Phi) is 4.46. The highest BCUT2D eigenvalue weighted by Gasteiger charge is 2.21. The largest absolute Gasteiger partial charge is 0.309 e. The lowest BCUT2D eigenvalue weighted by molar-refractivity contribution is 0.572. The van der Waals surface area contributed by atoms with Crippen LogP contribution in [0.4, 0.5) is 4.39 Å². The van der Waals surface area contributed by atoms with Crippen LogP contribution in [0.3, 0.4) is 0 Å². The van der Waals surface area contributed by atoms with Gasteiger partial charge in [-0.3, -0.25) is 0 Å². The Morgan fingerprint density at radius 2 is 1.80 bits per heavy atom. The van der Waals surface area contributed by atoms with Crippen molar-refractivity contribution >= 4 is 11.6 Å². The van der Waals surface area contributed by atoms with Crippen LogP contribution in [0.5, 0.6) is 0 Å². The molecule has 1 N–H and O–H groups in total. The Morgan fingerprint density at radius 1 is 1.10 bits per heavy atom. The van der Waals surface area contributed by atoms with Gasteiger partial charge in [-0.25, -0.2) is 4.39 Å². The van der Waals surface area contributed by atoms with Crippen molar-refractivity contribution in [2.75, 3.05) is 7.05 Å². The fourth-order valence-electron chi connectivity index (χ4n) is 2.64. The number of nitrogens with one attached hydrogen (secondary N) is 1. The quantitative estimate of drug-likeness (QED) is 0.863. The van der Waals surface area contributed by atoms with Crippen molar-refractivity contribution in [3.63, 3.8) is 0 Å². The molecule has 106 valence electrons. The molecule has 2 aromatic rings. The number of rotatable bonds is 3. The van der Waals surface area contributed by atoms with Crippen LogP contribution in [-0.4, -0.2) is 7.05 Å². The second kappa shape index (κ2) is 5.94. The molecule has 0 saturated carbocycles. The lowest BCUT2D eigenvalue weighted by atomic mass is 9.92. The van der Waals surface area contributed by atoms with Gasteiger partial charge in [0.15, 0.2) is 0 Å². The molecule has 0 bridgehead atoms. The van der Waals surface area contributed by atoms with Crippen LogP contribution >= 0.6 is 11.6 Å². The summed E-state index contributed by atoms with van der Waals surface area (Å²) in [5.74, 6) is -0.195. The molecule has 0 aromatic heterocycles. The van der Waals surface area contributed by atoms with Gasteiger partial charge >= 0.3 is 0 Å². The van der Waals surface area contributed by atoms with Crippen molar-refractivity contribution in [2.24, 2.45) is 0 Å². The van der Waals surface area contributed by atoms with E-state index in [2.05, 4.69) is 5.32 Å². The molecule has 1 unspecified atom stereocenters. The van der Waals surface area contributed by atoms with Gasteiger partial charge in [0.2, 0.25) is 0 Å². The first-order chi connectivity index (χ1) is 9.45. The lowest BCUT2D eigenvalue weighted by Gasteiger charge is -2.22. The van der Waals surface area contributed by atoms with E-state index in [1.165, 1.54) is 0 Å². The zero-order valence-electron chi connectivity index (χ0n) is 12.2. The van der Waals surface area contributed by atoms with Gasteiger partial charge in [-0.1, -0.05) is 35.9 Å². The summed E-state index contributed by atoms with van der Waals surface area (Å²) in [6.45, 7) is 5.78. The van der Waals surface area contributed by atoms with Gasteiger partial charge in [0.05, 0.1) is 6.04 Å². The molecular weight excluding hydrogens is 273 g/mol. The average molecular weight is 292 g/mol. The Bertz CT molecular complexity index is 614. The third kappa shape index (κ3) is 2.72. The van der Waals surface area contributed by atoms with Crippen LogP contribution in [0, 0.1) is 26.6 Å². The summed E-state index contributed by atoms with van der Waals surface area (Å²) in [5.41, 5.74) is 4.41. The Labute approximate surface area is 124 Å². The first-order valence-corrected chi connectivity index (χ1v) is 7.02. The molecule has 20 heavy (non-hydrogen) atoms. The van der Waals surface area contributed by atoms with Gasteiger partial charge in [0, 0.05) is 10.6 Å². The van der Waals surface area contributed by atoms with Crippen molar-refractivity contribution in [1.82, 2.24) is 5.32 Å². The normalized spacial score (nSPS) is 12.5. The molecule has 0 radical (unpaired) electrons. The first-order valence-electron chi connectivity index (χ1n) is 6.64. The molecule has 2 aromatic carbocycles. The number of hydrogen-bond donors (Lipinski definition) is 1. The third-order valence-corrected chi connectivity index (χ3v) is 4.11. The minimum atomic E-state index is -0.247. The predicted molar refractivity (Wildman–Crippen MR) is 83.0 cm³/mol. The first kappa shape index (κ1) is 15.0. The van der Waals surface area contributed by atoms with Crippen molar-refractivity contribution in [1.29, 1.82) is 0 Å². The van der Waals surface area contributed by atoms with E-state index in [4.69, 9.17) is 11.6 Å². The van der Waals surface area contributed by atoms with E-state index >= 15 is 0 Å². The van der Waals surface area contributed by atoms with Crippen molar-refractivity contribution in [3.05, 3.63) is 69.0 Å². The van der Waals surface area contributed by atoms with Gasteiger partial charge in [-0.15, -0.1) is 0 Å². The number of halogens is 2. The van der Waals surface area contributed by atoms with Gasteiger partial charge in [-0.2, -0.15) is 0 Å². The minimum absolute atomic E-state index is 0.195. The van der Waals surface area contributed by atoms with Crippen LogP contribution < -0.4 is 5.32 Å². The van der Waals surface area contributed by atoms with E-state index in [9.17, 15) is 4.39 Å². The molecule has 0 heterocycles. The number of benzene rings is 2. The molecule has 1 atom stereocenters. The SMILES string of the molecule is CNC(c1cccc(C)c1Cl)c1c(C)cc(C)cc1F. The summed E-state index contributed by atoms with van der Waals surface area (Å²) in [5, 5.41) is 3.87. The van der Waals surface area contributed by atoms with Crippen LogP contribution in [0.15, 0.2) is 30.3 Å². The third-order valence-electron chi connectivity index (χ3n) is 3.59. The van der Waals surface area contributed by atoms with Crippen molar-refractivity contribution in [2.45, 2.75) is 26.8 Å². The second-order valence-corrected chi connectivity index (χ2v) is 5.56. The highest BCUT2D eigenvalue weighted by Crippen LogP contribution is 2.33. The molecule has 1 nitrogen and oxygen atoms in total.